The monoisotopic (exact) mass is 268 g/mol. The van der Waals surface area contributed by atoms with E-state index < -0.39 is 10.0 Å². The van der Waals surface area contributed by atoms with Crippen molar-refractivity contribution < 1.29 is 8.42 Å². The predicted molar refractivity (Wildman–Crippen MR) is 72.8 cm³/mol. The van der Waals surface area contributed by atoms with E-state index in [9.17, 15) is 8.42 Å². The first-order valence-electron chi connectivity index (χ1n) is 6.27. The molecular formula is C13H20N2O2S. The van der Waals surface area contributed by atoms with Crippen LogP contribution >= 0.6 is 0 Å². The van der Waals surface area contributed by atoms with Crippen LogP contribution in [0.2, 0.25) is 0 Å². The molecule has 0 amide bonds. The van der Waals surface area contributed by atoms with Crippen LogP contribution in [0.25, 0.3) is 0 Å². The Hall–Kier alpha value is -1.07. The van der Waals surface area contributed by atoms with Crippen molar-refractivity contribution in [2.75, 3.05) is 12.8 Å². The fourth-order valence-electron chi connectivity index (χ4n) is 2.41. The van der Waals surface area contributed by atoms with Crippen molar-refractivity contribution in [2.24, 2.45) is 0 Å². The summed E-state index contributed by atoms with van der Waals surface area (Å²) in [6, 6.07) is 5.07. The zero-order chi connectivity index (χ0) is 13.3. The molecule has 1 aliphatic rings. The van der Waals surface area contributed by atoms with Gasteiger partial charge in [0.2, 0.25) is 10.0 Å². The summed E-state index contributed by atoms with van der Waals surface area (Å²) in [4.78, 5) is 0.292. The summed E-state index contributed by atoms with van der Waals surface area (Å²) in [7, 11) is -1.74. The molecule has 0 radical (unpaired) electrons. The highest BCUT2D eigenvalue weighted by molar-refractivity contribution is 7.89. The lowest BCUT2D eigenvalue weighted by atomic mass is 10.2. The molecule has 0 aliphatic heterocycles. The number of hydrogen-bond acceptors (Lipinski definition) is 3. The van der Waals surface area contributed by atoms with Crippen LogP contribution in [0.3, 0.4) is 0 Å². The van der Waals surface area contributed by atoms with Crippen molar-refractivity contribution in [3.63, 3.8) is 0 Å². The highest BCUT2D eigenvalue weighted by Gasteiger charge is 2.30. The number of anilines is 1. The van der Waals surface area contributed by atoms with E-state index in [0.29, 0.717) is 10.6 Å². The van der Waals surface area contributed by atoms with E-state index in [1.165, 1.54) is 4.31 Å². The molecule has 1 fully saturated rings. The minimum Gasteiger partial charge on any atom is -0.398 e. The Bertz CT molecular complexity index is 534. The van der Waals surface area contributed by atoms with Gasteiger partial charge in [0.25, 0.3) is 0 Å². The second-order valence-corrected chi connectivity index (χ2v) is 6.98. The summed E-state index contributed by atoms with van der Waals surface area (Å²) in [5, 5.41) is 0. The first-order valence-corrected chi connectivity index (χ1v) is 7.71. The van der Waals surface area contributed by atoms with Crippen LogP contribution in [-0.4, -0.2) is 25.8 Å². The van der Waals surface area contributed by atoms with Crippen molar-refractivity contribution in [1.29, 1.82) is 0 Å². The molecule has 2 rings (SSSR count). The Kier molecular flexibility index (Phi) is 3.64. The molecule has 0 unspecified atom stereocenters. The fourth-order valence-corrected chi connectivity index (χ4v) is 3.86. The number of hydrogen-bond donors (Lipinski definition) is 1. The maximum atomic E-state index is 12.5. The lowest BCUT2D eigenvalue weighted by Crippen LogP contribution is -2.35. The van der Waals surface area contributed by atoms with Gasteiger partial charge in [0.15, 0.2) is 0 Å². The van der Waals surface area contributed by atoms with E-state index in [-0.39, 0.29) is 6.04 Å². The van der Waals surface area contributed by atoms with Crippen LogP contribution in [0, 0.1) is 6.92 Å². The third-order valence-electron chi connectivity index (χ3n) is 3.77. The maximum absolute atomic E-state index is 12.5. The van der Waals surface area contributed by atoms with Crippen LogP contribution in [0.4, 0.5) is 5.69 Å². The van der Waals surface area contributed by atoms with Crippen LogP contribution in [0.15, 0.2) is 23.1 Å². The molecule has 4 nitrogen and oxygen atoms in total. The van der Waals surface area contributed by atoms with Gasteiger partial charge in [-0.3, -0.25) is 0 Å². The van der Waals surface area contributed by atoms with Crippen LogP contribution in [-0.2, 0) is 10.0 Å². The van der Waals surface area contributed by atoms with Crippen molar-refractivity contribution in [2.45, 2.75) is 43.5 Å². The molecule has 1 aliphatic carbocycles. The Balaban J connectivity index is 2.32. The van der Waals surface area contributed by atoms with E-state index in [2.05, 4.69) is 0 Å². The second-order valence-electron chi connectivity index (χ2n) is 4.98. The molecular weight excluding hydrogens is 248 g/mol. The van der Waals surface area contributed by atoms with Crippen LogP contribution in [0.1, 0.15) is 31.2 Å². The standard InChI is InChI=1S/C13H20N2O2S/c1-10-7-8-12(9-13(10)14)18(16,17)15(2)11-5-3-4-6-11/h7-9,11H,3-6,14H2,1-2H3. The van der Waals surface area contributed by atoms with Gasteiger partial charge in [-0.05, 0) is 37.5 Å². The lowest BCUT2D eigenvalue weighted by Gasteiger charge is -2.23. The van der Waals surface area contributed by atoms with Crippen LogP contribution in [0.5, 0.6) is 0 Å². The summed E-state index contributed by atoms with van der Waals surface area (Å²) in [6.45, 7) is 1.87. The van der Waals surface area contributed by atoms with Gasteiger partial charge >= 0.3 is 0 Å². The number of benzene rings is 1. The van der Waals surface area contributed by atoms with Crippen LogP contribution < -0.4 is 5.73 Å². The van der Waals surface area contributed by atoms with Crippen molar-refractivity contribution >= 4 is 15.7 Å². The Labute approximate surface area is 109 Å². The van der Waals surface area contributed by atoms with Gasteiger partial charge in [-0.1, -0.05) is 18.9 Å². The molecule has 18 heavy (non-hydrogen) atoms. The van der Waals surface area contributed by atoms with Crippen molar-refractivity contribution in [1.82, 2.24) is 4.31 Å². The largest absolute Gasteiger partial charge is 0.398 e. The molecule has 0 aromatic heterocycles. The highest BCUT2D eigenvalue weighted by atomic mass is 32.2. The van der Waals surface area contributed by atoms with Gasteiger partial charge in [-0.15, -0.1) is 0 Å². The highest BCUT2D eigenvalue weighted by Crippen LogP contribution is 2.28. The third-order valence-corrected chi connectivity index (χ3v) is 5.67. The first-order chi connectivity index (χ1) is 8.43. The molecule has 0 heterocycles. The molecule has 0 spiro atoms. The van der Waals surface area contributed by atoms with E-state index in [4.69, 9.17) is 5.73 Å². The maximum Gasteiger partial charge on any atom is 0.243 e. The van der Waals surface area contributed by atoms with Gasteiger partial charge in [-0.25, -0.2) is 8.42 Å². The summed E-state index contributed by atoms with van der Waals surface area (Å²) in [5.74, 6) is 0. The van der Waals surface area contributed by atoms with Gasteiger partial charge in [0.05, 0.1) is 4.90 Å². The Morgan fingerprint density at radius 1 is 1.28 bits per heavy atom. The third kappa shape index (κ3) is 2.37. The quantitative estimate of drug-likeness (QED) is 0.854. The fraction of sp³-hybridized carbons (Fsp3) is 0.538. The number of nitrogens with two attached hydrogens (primary N) is 1. The van der Waals surface area contributed by atoms with Crippen molar-refractivity contribution in [3.8, 4) is 0 Å². The molecule has 2 N–H and O–H groups in total. The normalized spacial score (nSPS) is 17.5. The minimum absolute atomic E-state index is 0.137. The van der Waals surface area contributed by atoms with Gasteiger partial charge < -0.3 is 5.73 Å². The van der Waals surface area contributed by atoms with E-state index >= 15 is 0 Å². The number of nitrogens with zero attached hydrogens (tertiary/aromatic N) is 1. The second kappa shape index (κ2) is 4.90. The van der Waals surface area contributed by atoms with Gasteiger partial charge in [0.1, 0.15) is 0 Å². The lowest BCUT2D eigenvalue weighted by molar-refractivity contribution is 0.373. The van der Waals surface area contributed by atoms with Gasteiger partial charge in [-0.2, -0.15) is 4.31 Å². The molecule has 0 atom stereocenters. The zero-order valence-corrected chi connectivity index (χ0v) is 11.7. The predicted octanol–water partition coefficient (Wildman–Crippen LogP) is 2.14. The molecule has 1 saturated carbocycles. The Morgan fingerprint density at radius 3 is 2.44 bits per heavy atom. The van der Waals surface area contributed by atoms with E-state index in [1.807, 2.05) is 6.92 Å². The molecule has 0 bridgehead atoms. The van der Waals surface area contributed by atoms with Crippen molar-refractivity contribution in [3.05, 3.63) is 23.8 Å². The zero-order valence-electron chi connectivity index (χ0n) is 10.9. The average molecular weight is 268 g/mol. The summed E-state index contributed by atoms with van der Waals surface area (Å²) < 4.78 is 26.4. The van der Waals surface area contributed by atoms with E-state index in [1.54, 1.807) is 25.2 Å². The average Bonchev–Trinajstić information content (AvgIpc) is 2.85. The SMILES string of the molecule is Cc1ccc(S(=O)(=O)N(C)C2CCCC2)cc1N. The number of sulfonamides is 1. The Morgan fingerprint density at radius 2 is 1.89 bits per heavy atom. The smallest absolute Gasteiger partial charge is 0.243 e. The number of aryl methyl sites for hydroxylation is 1. The summed E-state index contributed by atoms with van der Waals surface area (Å²) in [5.41, 5.74) is 7.21. The first kappa shape index (κ1) is 13.4. The molecule has 100 valence electrons. The summed E-state index contributed by atoms with van der Waals surface area (Å²) in [6.07, 6.45) is 4.13. The summed E-state index contributed by atoms with van der Waals surface area (Å²) >= 11 is 0. The number of rotatable bonds is 3. The molecule has 1 aromatic rings. The van der Waals surface area contributed by atoms with E-state index in [0.717, 1.165) is 31.2 Å². The molecule has 5 heteroatoms. The topological polar surface area (TPSA) is 63.4 Å². The van der Waals surface area contributed by atoms with Gasteiger partial charge in [0, 0.05) is 18.8 Å². The number of nitrogen functional groups attached to an aromatic ring is 1. The minimum atomic E-state index is -3.41. The molecule has 0 saturated heterocycles. The molecule has 1 aromatic carbocycles.